The third-order valence-electron chi connectivity index (χ3n) is 1.65. The molecule has 12 heavy (non-hydrogen) atoms. The zero-order chi connectivity index (χ0) is 9.40. The van der Waals surface area contributed by atoms with E-state index in [0.29, 0.717) is 6.04 Å². The molecule has 2 N–H and O–H groups in total. The highest BCUT2D eigenvalue weighted by molar-refractivity contribution is 7.99. The summed E-state index contributed by atoms with van der Waals surface area (Å²) in [4.78, 5) is 0. The minimum atomic E-state index is 0.389. The molecular weight excluding hydrogens is 166 g/mol. The average Bonchev–Trinajstić information content (AvgIpc) is 1.95. The van der Waals surface area contributed by atoms with Gasteiger partial charge in [0.1, 0.15) is 0 Å². The smallest absolute Gasteiger partial charge is 0.00104 e. The van der Waals surface area contributed by atoms with Crippen molar-refractivity contribution in [3.63, 3.8) is 0 Å². The fraction of sp³-hybridized carbons (Fsp3) is 1.00. The van der Waals surface area contributed by atoms with E-state index >= 15 is 0 Å². The summed E-state index contributed by atoms with van der Waals surface area (Å²) in [5, 5.41) is 0. The molecule has 0 aromatic heterocycles. The highest BCUT2D eigenvalue weighted by atomic mass is 32.2. The summed E-state index contributed by atoms with van der Waals surface area (Å²) in [5.41, 5.74) is 5.65. The molecule has 0 saturated carbocycles. The summed E-state index contributed by atoms with van der Waals surface area (Å²) in [5.74, 6) is 3.45. The third kappa shape index (κ3) is 10.3. The highest BCUT2D eigenvalue weighted by Gasteiger charge is 1.96. The van der Waals surface area contributed by atoms with Gasteiger partial charge >= 0.3 is 0 Å². The second-order valence-electron chi connectivity index (χ2n) is 3.94. The minimum absolute atomic E-state index is 0.389. The first-order valence-corrected chi connectivity index (χ1v) is 6.11. The Hall–Kier alpha value is 0.310. The Bertz CT molecular complexity index is 79.8. The van der Waals surface area contributed by atoms with E-state index < -0.39 is 0 Å². The normalized spacial score (nSPS) is 13.8. The largest absolute Gasteiger partial charge is 0.328 e. The van der Waals surface area contributed by atoms with Crippen molar-refractivity contribution in [3.05, 3.63) is 0 Å². The second-order valence-corrected chi connectivity index (χ2v) is 5.09. The molecule has 74 valence electrons. The van der Waals surface area contributed by atoms with E-state index in [0.717, 1.165) is 5.92 Å². The summed E-state index contributed by atoms with van der Waals surface area (Å²) in [6.07, 6.45) is 3.81. The lowest BCUT2D eigenvalue weighted by molar-refractivity contribution is 0.618. The molecule has 0 fully saturated rings. The van der Waals surface area contributed by atoms with Crippen LogP contribution in [0.25, 0.3) is 0 Å². The van der Waals surface area contributed by atoms with Gasteiger partial charge in [-0.3, -0.25) is 0 Å². The van der Waals surface area contributed by atoms with Gasteiger partial charge in [0, 0.05) is 6.04 Å². The van der Waals surface area contributed by atoms with E-state index in [4.69, 9.17) is 5.73 Å². The molecule has 1 nitrogen and oxygen atoms in total. The summed E-state index contributed by atoms with van der Waals surface area (Å²) in [7, 11) is 0. The van der Waals surface area contributed by atoms with Crippen molar-refractivity contribution in [1.82, 2.24) is 0 Å². The van der Waals surface area contributed by atoms with Crippen LogP contribution in [0.3, 0.4) is 0 Å². The predicted octanol–water partition coefficient (Wildman–Crippen LogP) is 2.89. The van der Waals surface area contributed by atoms with Crippen molar-refractivity contribution in [2.24, 2.45) is 11.7 Å². The zero-order valence-electron chi connectivity index (χ0n) is 8.68. The van der Waals surface area contributed by atoms with E-state index in [-0.39, 0.29) is 0 Å². The fourth-order valence-electron chi connectivity index (χ4n) is 0.989. The molecule has 0 aliphatic carbocycles. The van der Waals surface area contributed by atoms with Gasteiger partial charge in [0.05, 0.1) is 0 Å². The molecule has 0 bridgehead atoms. The standard InChI is InChI=1S/C10H23NS/c1-9(2)8-12-7-5-4-6-10(3)11/h9-10H,4-8,11H2,1-3H3. The van der Waals surface area contributed by atoms with Crippen LogP contribution in [0.5, 0.6) is 0 Å². The maximum Gasteiger partial charge on any atom is 0.00104 e. The van der Waals surface area contributed by atoms with Crippen LogP contribution in [0.4, 0.5) is 0 Å². The number of nitrogens with two attached hydrogens (primary N) is 1. The van der Waals surface area contributed by atoms with Crippen LogP contribution in [-0.2, 0) is 0 Å². The van der Waals surface area contributed by atoms with Crippen LogP contribution in [-0.4, -0.2) is 17.5 Å². The zero-order valence-corrected chi connectivity index (χ0v) is 9.49. The maximum absolute atomic E-state index is 5.65. The summed E-state index contributed by atoms with van der Waals surface area (Å²) < 4.78 is 0. The van der Waals surface area contributed by atoms with Gasteiger partial charge in [-0.05, 0) is 37.2 Å². The lowest BCUT2D eigenvalue weighted by Gasteiger charge is -2.05. The molecule has 0 aliphatic rings. The van der Waals surface area contributed by atoms with Gasteiger partial charge in [-0.2, -0.15) is 11.8 Å². The Morgan fingerprint density at radius 2 is 1.83 bits per heavy atom. The van der Waals surface area contributed by atoms with Gasteiger partial charge < -0.3 is 5.73 Å². The molecule has 0 aliphatic heterocycles. The maximum atomic E-state index is 5.65. The van der Waals surface area contributed by atoms with Gasteiger partial charge in [0.25, 0.3) is 0 Å². The highest BCUT2D eigenvalue weighted by Crippen LogP contribution is 2.10. The van der Waals surface area contributed by atoms with Crippen LogP contribution in [0.2, 0.25) is 0 Å². The molecule has 0 radical (unpaired) electrons. The SMILES string of the molecule is CC(C)CSCCCCC(C)N. The number of thioether (sulfide) groups is 1. The molecule has 0 saturated heterocycles. The number of unbranched alkanes of at least 4 members (excludes halogenated alkanes) is 1. The topological polar surface area (TPSA) is 26.0 Å². The number of rotatable bonds is 7. The van der Waals surface area contributed by atoms with E-state index in [1.54, 1.807) is 0 Å². The lowest BCUT2D eigenvalue weighted by Crippen LogP contribution is -2.14. The molecule has 2 heteroatoms. The quantitative estimate of drug-likeness (QED) is 0.623. The first-order chi connectivity index (χ1) is 5.63. The van der Waals surface area contributed by atoms with Crippen molar-refractivity contribution in [3.8, 4) is 0 Å². The third-order valence-corrected chi connectivity index (χ3v) is 3.13. The Labute approximate surface area is 81.5 Å². The molecule has 0 aromatic carbocycles. The van der Waals surface area contributed by atoms with E-state index in [1.165, 1.54) is 30.8 Å². The Morgan fingerprint density at radius 3 is 2.33 bits per heavy atom. The summed E-state index contributed by atoms with van der Waals surface area (Å²) in [6.45, 7) is 6.63. The molecular formula is C10H23NS. The van der Waals surface area contributed by atoms with Gasteiger partial charge in [-0.15, -0.1) is 0 Å². The molecule has 1 unspecified atom stereocenters. The first kappa shape index (κ1) is 12.3. The minimum Gasteiger partial charge on any atom is -0.328 e. The molecule has 0 heterocycles. The Balaban J connectivity index is 2.91. The van der Waals surface area contributed by atoms with E-state index in [9.17, 15) is 0 Å². The average molecular weight is 189 g/mol. The summed E-state index contributed by atoms with van der Waals surface area (Å²) >= 11 is 2.07. The van der Waals surface area contributed by atoms with Crippen molar-refractivity contribution < 1.29 is 0 Å². The van der Waals surface area contributed by atoms with Crippen molar-refractivity contribution >= 4 is 11.8 Å². The van der Waals surface area contributed by atoms with Crippen LogP contribution in [0.15, 0.2) is 0 Å². The fourth-order valence-corrected chi connectivity index (χ4v) is 2.04. The number of hydrogen-bond donors (Lipinski definition) is 1. The van der Waals surface area contributed by atoms with Crippen LogP contribution in [0.1, 0.15) is 40.0 Å². The lowest BCUT2D eigenvalue weighted by atomic mass is 10.2. The molecule has 0 spiro atoms. The van der Waals surface area contributed by atoms with Crippen molar-refractivity contribution in [2.45, 2.75) is 46.1 Å². The van der Waals surface area contributed by atoms with Crippen LogP contribution in [0, 0.1) is 5.92 Å². The predicted molar refractivity (Wildman–Crippen MR) is 59.7 cm³/mol. The van der Waals surface area contributed by atoms with Gasteiger partial charge in [0.2, 0.25) is 0 Å². The second kappa shape index (κ2) is 7.93. The summed E-state index contributed by atoms with van der Waals surface area (Å²) in [6, 6.07) is 0.389. The van der Waals surface area contributed by atoms with Crippen LogP contribution < -0.4 is 5.73 Å². The molecule has 0 amide bonds. The molecule has 1 atom stereocenters. The molecule has 0 aromatic rings. The monoisotopic (exact) mass is 189 g/mol. The Kier molecular flexibility index (Phi) is 8.14. The van der Waals surface area contributed by atoms with Gasteiger partial charge in [-0.25, -0.2) is 0 Å². The van der Waals surface area contributed by atoms with Gasteiger partial charge in [-0.1, -0.05) is 20.3 Å². The van der Waals surface area contributed by atoms with Crippen molar-refractivity contribution in [2.75, 3.05) is 11.5 Å². The first-order valence-electron chi connectivity index (χ1n) is 4.96. The number of hydrogen-bond acceptors (Lipinski definition) is 2. The van der Waals surface area contributed by atoms with Crippen molar-refractivity contribution in [1.29, 1.82) is 0 Å². The van der Waals surface area contributed by atoms with E-state index in [1.807, 2.05) is 0 Å². The van der Waals surface area contributed by atoms with Crippen LogP contribution >= 0.6 is 11.8 Å². The Morgan fingerprint density at radius 1 is 1.17 bits per heavy atom. The van der Waals surface area contributed by atoms with E-state index in [2.05, 4.69) is 32.5 Å². The van der Waals surface area contributed by atoms with Gasteiger partial charge in [0.15, 0.2) is 0 Å². The molecule has 0 rings (SSSR count).